The van der Waals surface area contributed by atoms with Gasteiger partial charge in [-0.2, -0.15) is 0 Å². The first-order valence-electron chi connectivity index (χ1n) is 5.89. The maximum absolute atomic E-state index is 11.4. The highest BCUT2D eigenvalue weighted by atomic mass is 16.5. The van der Waals surface area contributed by atoms with Crippen LogP contribution in [0.3, 0.4) is 0 Å². The fourth-order valence-electron chi connectivity index (χ4n) is 1.73. The number of rotatable bonds is 5. The summed E-state index contributed by atoms with van der Waals surface area (Å²) in [6.07, 6.45) is 1.57. The topological polar surface area (TPSA) is 86.5 Å². The van der Waals surface area contributed by atoms with Crippen LogP contribution in [0, 0.1) is 0 Å². The Balaban J connectivity index is 2.37. The van der Waals surface area contributed by atoms with E-state index in [0.29, 0.717) is 28.6 Å². The average Bonchev–Trinajstić information content (AvgIpc) is 2.48. The van der Waals surface area contributed by atoms with E-state index in [4.69, 9.17) is 15.2 Å². The van der Waals surface area contributed by atoms with Crippen molar-refractivity contribution in [2.75, 3.05) is 19.5 Å². The van der Waals surface area contributed by atoms with Crippen LogP contribution in [-0.4, -0.2) is 25.1 Å². The molecule has 0 spiro atoms. The van der Waals surface area contributed by atoms with E-state index in [1.807, 2.05) is 0 Å². The van der Waals surface area contributed by atoms with Crippen molar-refractivity contribution in [2.24, 2.45) is 5.73 Å². The van der Waals surface area contributed by atoms with Crippen LogP contribution in [-0.2, 0) is 0 Å². The van der Waals surface area contributed by atoms with Crippen molar-refractivity contribution in [3.8, 4) is 11.5 Å². The first-order valence-corrected chi connectivity index (χ1v) is 5.89. The highest BCUT2D eigenvalue weighted by molar-refractivity contribution is 5.98. The van der Waals surface area contributed by atoms with Gasteiger partial charge < -0.3 is 20.5 Å². The third-order valence-corrected chi connectivity index (χ3v) is 2.73. The fraction of sp³-hybridized carbons (Fsp3) is 0.143. The largest absolute Gasteiger partial charge is 0.497 e. The van der Waals surface area contributed by atoms with Gasteiger partial charge in [-0.25, -0.2) is 4.98 Å². The van der Waals surface area contributed by atoms with Crippen molar-refractivity contribution in [3.05, 3.63) is 42.1 Å². The van der Waals surface area contributed by atoms with Crippen LogP contribution in [0.25, 0.3) is 0 Å². The molecule has 0 fully saturated rings. The quantitative estimate of drug-likeness (QED) is 0.869. The van der Waals surface area contributed by atoms with Crippen LogP contribution in [0.5, 0.6) is 11.5 Å². The number of hydrogen-bond donors (Lipinski definition) is 2. The molecule has 6 nitrogen and oxygen atoms in total. The standard InChI is InChI=1S/C14H15N3O3/c1-19-9-5-6-11(12(8-9)20-2)17-14-10(13(15)18)4-3-7-16-14/h3-8H,1-2H3,(H2,15,18)(H,16,17). The van der Waals surface area contributed by atoms with Crippen molar-refractivity contribution in [3.63, 3.8) is 0 Å². The molecule has 2 aromatic rings. The van der Waals surface area contributed by atoms with Gasteiger partial charge in [0, 0.05) is 12.3 Å². The number of carbonyl (C=O) groups is 1. The maximum Gasteiger partial charge on any atom is 0.252 e. The van der Waals surface area contributed by atoms with Gasteiger partial charge in [-0.1, -0.05) is 0 Å². The Morgan fingerprint density at radius 2 is 2.05 bits per heavy atom. The first-order chi connectivity index (χ1) is 9.65. The predicted octanol–water partition coefficient (Wildman–Crippen LogP) is 1.94. The summed E-state index contributed by atoms with van der Waals surface area (Å²) in [5, 5.41) is 3.03. The molecule has 0 bridgehead atoms. The zero-order valence-electron chi connectivity index (χ0n) is 11.2. The molecule has 6 heteroatoms. The molecule has 0 atom stereocenters. The van der Waals surface area contributed by atoms with Crippen LogP contribution in [0.1, 0.15) is 10.4 Å². The zero-order valence-corrected chi connectivity index (χ0v) is 11.2. The number of carbonyl (C=O) groups excluding carboxylic acids is 1. The van der Waals surface area contributed by atoms with Gasteiger partial charge in [0.15, 0.2) is 0 Å². The Hall–Kier alpha value is -2.76. The molecule has 0 saturated carbocycles. The summed E-state index contributed by atoms with van der Waals surface area (Å²) in [5.74, 6) is 1.07. The number of hydrogen-bond acceptors (Lipinski definition) is 5. The average molecular weight is 273 g/mol. The molecule has 1 heterocycles. The molecular weight excluding hydrogens is 258 g/mol. The summed E-state index contributed by atoms with van der Waals surface area (Å²) in [6.45, 7) is 0. The second-order valence-electron chi connectivity index (χ2n) is 3.96. The highest BCUT2D eigenvalue weighted by Crippen LogP contribution is 2.31. The van der Waals surface area contributed by atoms with E-state index in [1.165, 1.54) is 0 Å². The minimum absolute atomic E-state index is 0.311. The van der Waals surface area contributed by atoms with Crippen LogP contribution in [0.15, 0.2) is 36.5 Å². The number of pyridine rings is 1. The molecule has 0 unspecified atom stereocenters. The normalized spacial score (nSPS) is 9.90. The first kappa shape index (κ1) is 13.7. The number of ether oxygens (including phenoxy) is 2. The SMILES string of the molecule is COc1ccc(Nc2ncccc2C(N)=O)c(OC)c1. The van der Waals surface area contributed by atoms with Crippen LogP contribution in [0.2, 0.25) is 0 Å². The number of methoxy groups -OCH3 is 2. The smallest absolute Gasteiger partial charge is 0.252 e. The van der Waals surface area contributed by atoms with Crippen molar-refractivity contribution < 1.29 is 14.3 Å². The third kappa shape index (κ3) is 2.80. The van der Waals surface area contributed by atoms with Gasteiger partial charge >= 0.3 is 0 Å². The molecule has 1 aromatic heterocycles. The van der Waals surface area contributed by atoms with Crippen molar-refractivity contribution in [2.45, 2.75) is 0 Å². The summed E-state index contributed by atoms with van der Waals surface area (Å²) in [6, 6.07) is 8.54. The van der Waals surface area contributed by atoms with Crippen LogP contribution in [0.4, 0.5) is 11.5 Å². The molecule has 0 aliphatic carbocycles. The summed E-state index contributed by atoms with van der Waals surface area (Å²) in [4.78, 5) is 15.5. The molecule has 0 aliphatic heterocycles. The minimum Gasteiger partial charge on any atom is -0.497 e. The van der Waals surface area contributed by atoms with Crippen LogP contribution >= 0.6 is 0 Å². The Bertz CT molecular complexity index is 629. The monoisotopic (exact) mass is 273 g/mol. The van der Waals surface area contributed by atoms with E-state index in [9.17, 15) is 4.79 Å². The number of nitrogens with zero attached hydrogens (tertiary/aromatic N) is 1. The maximum atomic E-state index is 11.4. The number of primary amides is 1. The van der Waals surface area contributed by atoms with Gasteiger partial charge in [0.05, 0.1) is 25.5 Å². The van der Waals surface area contributed by atoms with Crippen molar-refractivity contribution in [1.82, 2.24) is 4.98 Å². The van der Waals surface area contributed by atoms with Crippen molar-refractivity contribution >= 4 is 17.4 Å². The van der Waals surface area contributed by atoms with Gasteiger partial charge in [0.1, 0.15) is 17.3 Å². The molecule has 20 heavy (non-hydrogen) atoms. The lowest BCUT2D eigenvalue weighted by Crippen LogP contribution is -2.14. The number of benzene rings is 1. The Kier molecular flexibility index (Phi) is 4.05. The molecule has 104 valence electrons. The van der Waals surface area contributed by atoms with E-state index in [2.05, 4.69) is 10.3 Å². The Labute approximate surface area is 116 Å². The van der Waals surface area contributed by atoms with E-state index < -0.39 is 5.91 Å². The van der Waals surface area contributed by atoms with E-state index in [-0.39, 0.29) is 0 Å². The van der Waals surface area contributed by atoms with Gasteiger partial charge in [-0.05, 0) is 24.3 Å². The number of anilines is 2. The lowest BCUT2D eigenvalue weighted by Gasteiger charge is -2.13. The molecular formula is C14H15N3O3. The van der Waals surface area contributed by atoms with Gasteiger partial charge in [0.25, 0.3) is 5.91 Å². The molecule has 1 amide bonds. The molecule has 3 N–H and O–H groups in total. The van der Waals surface area contributed by atoms with Crippen molar-refractivity contribution in [1.29, 1.82) is 0 Å². The summed E-state index contributed by atoms with van der Waals surface area (Å²) < 4.78 is 10.4. The van der Waals surface area contributed by atoms with E-state index in [0.717, 1.165) is 0 Å². The highest BCUT2D eigenvalue weighted by Gasteiger charge is 2.11. The van der Waals surface area contributed by atoms with Gasteiger partial charge in [-0.15, -0.1) is 0 Å². The zero-order chi connectivity index (χ0) is 14.5. The van der Waals surface area contributed by atoms with Crippen LogP contribution < -0.4 is 20.5 Å². The van der Waals surface area contributed by atoms with E-state index in [1.54, 1.807) is 50.7 Å². The predicted molar refractivity (Wildman–Crippen MR) is 75.6 cm³/mol. The number of amides is 1. The fourth-order valence-corrected chi connectivity index (χ4v) is 1.73. The van der Waals surface area contributed by atoms with E-state index >= 15 is 0 Å². The lowest BCUT2D eigenvalue weighted by atomic mass is 10.2. The summed E-state index contributed by atoms with van der Waals surface area (Å²) in [7, 11) is 3.12. The second-order valence-corrected chi connectivity index (χ2v) is 3.96. The second kappa shape index (κ2) is 5.92. The summed E-state index contributed by atoms with van der Waals surface area (Å²) in [5.41, 5.74) is 6.29. The minimum atomic E-state index is -0.548. The number of nitrogens with two attached hydrogens (primary N) is 1. The number of aromatic nitrogens is 1. The number of nitrogens with one attached hydrogen (secondary N) is 1. The summed E-state index contributed by atoms with van der Waals surface area (Å²) >= 11 is 0. The molecule has 1 aromatic carbocycles. The Morgan fingerprint density at radius 1 is 1.25 bits per heavy atom. The molecule has 0 saturated heterocycles. The lowest BCUT2D eigenvalue weighted by molar-refractivity contribution is 0.100. The van der Waals surface area contributed by atoms with Gasteiger partial charge in [-0.3, -0.25) is 4.79 Å². The molecule has 2 rings (SSSR count). The molecule has 0 radical (unpaired) electrons. The van der Waals surface area contributed by atoms with Gasteiger partial charge in [0.2, 0.25) is 0 Å². The molecule has 0 aliphatic rings. The third-order valence-electron chi connectivity index (χ3n) is 2.73. The Morgan fingerprint density at radius 3 is 2.70 bits per heavy atom.